The van der Waals surface area contributed by atoms with Crippen molar-refractivity contribution in [3.63, 3.8) is 0 Å². The molecule has 0 amide bonds. The van der Waals surface area contributed by atoms with Crippen LogP contribution in [0.15, 0.2) is 60.7 Å². The Morgan fingerprint density at radius 1 is 1.04 bits per heavy atom. The van der Waals surface area contributed by atoms with E-state index in [0.29, 0.717) is 0 Å². The third-order valence-electron chi connectivity index (χ3n) is 4.32. The lowest BCUT2D eigenvalue weighted by Crippen LogP contribution is -2.04. The van der Waals surface area contributed by atoms with Crippen molar-refractivity contribution in [2.24, 2.45) is 0 Å². The van der Waals surface area contributed by atoms with Gasteiger partial charge in [-0.2, -0.15) is 0 Å². The minimum Gasteiger partial charge on any atom is -0.477 e. The molecular formula is C20H16N2O2. The second-order valence-corrected chi connectivity index (χ2v) is 5.88. The molecule has 2 heterocycles. The predicted molar refractivity (Wildman–Crippen MR) is 94.5 cm³/mol. The molecule has 118 valence electrons. The van der Waals surface area contributed by atoms with Gasteiger partial charge in [0.15, 0.2) is 0 Å². The van der Waals surface area contributed by atoms with E-state index in [9.17, 15) is 9.90 Å². The zero-order valence-electron chi connectivity index (χ0n) is 13.2. The Balaban J connectivity index is 2.05. The van der Waals surface area contributed by atoms with Crippen molar-refractivity contribution >= 4 is 27.8 Å². The van der Waals surface area contributed by atoms with Crippen LogP contribution in [0.3, 0.4) is 0 Å². The smallest absolute Gasteiger partial charge is 0.354 e. The van der Waals surface area contributed by atoms with Gasteiger partial charge < -0.3 is 9.67 Å². The summed E-state index contributed by atoms with van der Waals surface area (Å²) in [5.74, 6) is -1.00. The summed E-state index contributed by atoms with van der Waals surface area (Å²) < 4.78 is 2.22. The molecule has 0 spiro atoms. The van der Waals surface area contributed by atoms with Gasteiger partial charge in [0.1, 0.15) is 5.69 Å². The van der Waals surface area contributed by atoms with Crippen molar-refractivity contribution in [1.82, 2.24) is 9.55 Å². The highest BCUT2D eigenvalue weighted by molar-refractivity contribution is 6.10. The third kappa shape index (κ3) is 2.24. The molecule has 24 heavy (non-hydrogen) atoms. The Morgan fingerprint density at radius 2 is 1.75 bits per heavy atom. The van der Waals surface area contributed by atoms with Gasteiger partial charge in [0.05, 0.1) is 11.2 Å². The molecule has 1 N–H and O–H groups in total. The van der Waals surface area contributed by atoms with Crippen LogP contribution in [0.5, 0.6) is 0 Å². The lowest BCUT2D eigenvalue weighted by atomic mass is 10.1. The Bertz CT molecular complexity index is 1070. The number of rotatable bonds is 3. The topological polar surface area (TPSA) is 55.1 Å². The number of carboxylic acids is 1. The quantitative estimate of drug-likeness (QED) is 0.615. The lowest BCUT2D eigenvalue weighted by molar-refractivity contribution is 0.0690. The number of fused-ring (bicyclic) bond motifs is 3. The van der Waals surface area contributed by atoms with Gasteiger partial charge in [-0.05, 0) is 24.6 Å². The summed E-state index contributed by atoms with van der Waals surface area (Å²) >= 11 is 0. The molecule has 0 radical (unpaired) electrons. The van der Waals surface area contributed by atoms with E-state index in [1.54, 1.807) is 6.07 Å². The van der Waals surface area contributed by atoms with E-state index >= 15 is 0 Å². The molecule has 0 aliphatic carbocycles. The first kappa shape index (κ1) is 14.5. The summed E-state index contributed by atoms with van der Waals surface area (Å²) in [7, 11) is 0. The molecule has 0 fully saturated rings. The van der Waals surface area contributed by atoms with E-state index in [2.05, 4.69) is 27.8 Å². The highest BCUT2D eigenvalue weighted by Gasteiger charge is 2.16. The first-order valence-electron chi connectivity index (χ1n) is 7.81. The van der Waals surface area contributed by atoms with Gasteiger partial charge in [-0.25, -0.2) is 9.78 Å². The van der Waals surface area contributed by atoms with E-state index in [4.69, 9.17) is 0 Å². The van der Waals surface area contributed by atoms with Crippen molar-refractivity contribution in [3.8, 4) is 0 Å². The third-order valence-corrected chi connectivity index (χ3v) is 4.32. The maximum absolute atomic E-state index is 11.4. The maximum Gasteiger partial charge on any atom is 0.354 e. The fourth-order valence-corrected chi connectivity index (χ4v) is 3.31. The van der Waals surface area contributed by atoms with Crippen LogP contribution in [0.25, 0.3) is 21.8 Å². The number of aromatic nitrogens is 2. The number of hydrogen-bond acceptors (Lipinski definition) is 2. The van der Waals surface area contributed by atoms with Gasteiger partial charge in [-0.1, -0.05) is 48.5 Å². The predicted octanol–water partition coefficient (Wildman–Crippen LogP) is 4.24. The summed E-state index contributed by atoms with van der Waals surface area (Å²) in [6, 6.07) is 20.0. The van der Waals surface area contributed by atoms with Gasteiger partial charge >= 0.3 is 5.97 Å². The van der Waals surface area contributed by atoms with Crippen molar-refractivity contribution in [2.75, 3.05) is 0 Å². The molecule has 4 aromatic rings. The first-order valence-corrected chi connectivity index (χ1v) is 7.81. The zero-order chi connectivity index (χ0) is 16.7. The van der Waals surface area contributed by atoms with E-state index in [1.807, 2.05) is 43.3 Å². The van der Waals surface area contributed by atoms with Gasteiger partial charge in [-0.3, -0.25) is 0 Å². The molecule has 0 unspecified atom stereocenters. The molecule has 2 aromatic carbocycles. The molecule has 4 nitrogen and oxygen atoms in total. The Kier molecular flexibility index (Phi) is 3.31. The SMILES string of the molecule is Cc1nc(C(=O)O)cc2c3ccccc3n(Cc3ccccc3)c12. The van der Waals surface area contributed by atoms with Crippen LogP contribution in [-0.2, 0) is 6.54 Å². The van der Waals surface area contributed by atoms with E-state index in [0.717, 1.165) is 34.0 Å². The number of nitrogens with zero attached hydrogens (tertiary/aromatic N) is 2. The van der Waals surface area contributed by atoms with Crippen LogP contribution in [0.2, 0.25) is 0 Å². The number of benzene rings is 2. The summed E-state index contributed by atoms with van der Waals surface area (Å²) in [5.41, 5.74) is 4.09. The Hall–Kier alpha value is -3.14. The fraction of sp³-hybridized carbons (Fsp3) is 0.100. The molecule has 4 heteroatoms. The number of hydrogen-bond donors (Lipinski definition) is 1. The molecule has 0 atom stereocenters. The number of carbonyl (C=O) groups is 1. The zero-order valence-corrected chi connectivity index (χ0v) is 13.2. The van der Waals surface area contributed by atoms with Crippen molar-refractivity contribution in [2.45, 2.75) is 13.5 Å². The molecule has 0 aliphatic rings. The molecule has 0 saturated heterocycles. The van der Waals surface area contributed by atoms with Gasteiger partial charge in [0, 0.05) is 22.8 Å². The number of aryl methyl sites for hydroxylation is 1. The van der Waals surface area contributed by atoms with Gasteiger partial charge in [0.2, 0.25) is 0 Å². The number of aromatic carboxylic acids is 1. The number of pyridine rings is 1. The van der Waals surface area contributed by atoms with Gasteiger partial charge in [0.25, 0.3) is 0 Å². The molecular weight excluding hydrogens is 300 g/mol. The minimum atomic E-state index is -1.00. The average molecular weight is 316 g/mol. The van der Waals surface area contributed by atoms with Crippen LogP contribution in [0.1, 0.15) is 21.7 Å². The summed E-state index contributed by atoms with van der Waals surface area (Å²) in [6.45, 7) is 2.59. The van der Waals surface area contributed by atoms with E-state index in [-0.39, 0.29) is 5.69 Å². The van der Waals surface area contributed by atoms with Crippen LogP contribution < -0.4 is 0 Å². The highest BCUT2D eigenvalue weighted by Crippen LogP contribution is 2.31. The second kappa shape index (κ2) is 5.49. The fourth-order valence-electron chi connectivity index (χ4n) is 3.31. The maximum atomic E-state index is 11.4. The normalized spacial score (nSPS) is 11.2. The summed E-state index contributed by atoms with van der Waals surface area (Å²) in [4.78, 5) is 15.6. The molecule has 2 aromatic heterocycles. The van der Waals surface area contributed by atoms with E-state index < -0.39 is 5.97 Å². The summed E-state index contributed by atoms with van der Waals surface area (Å²) in [5, 5.41) is 11.3. The minimum absolute atomic E-state index is 0.0858. The number of para-hydroxylation sites is 1. The first-order chi connectivity index (χ1) is 11.6. The van der Waals surface area contributed by atoms with Crippen molar-refractivity contribution < 1.29 is 9.90 Å². The second-order valence-electron chi connectivity index (χ2n) is 5.88. The van der Waals surface area contributed by atoms with Crippen molar-refractivity contribution in [1.29, 1.82) is 0 Å². The van der Waals surface area contributed by atoms with Crippen LogP contribution in [0.4, 0.5) is 0 Å². The van der Waals surface area contributed by atoms with Gasteiger partial charge in [-0.15, -0.1) is 0 Å². The molecule has 4 rings (SSSR count). The highest BCUT2D eigenvalue weighted by atomic mass is 16.4. The standard InChI is InChI=1S/C20H16N2O2/c1-13-19-16(11-17(21-13)20(23)24)15-9-5-6-10-18(15)22(19)12-14-7-3-2-4-8-14/h2-11H,12H2,1H3,(H,23,24). The average Bonchev–Trinajstić information content (AvgIpc) is 2.91. The Labute approximate surface area is 139 Å². The van der Waals surface area contributed by atoms with Crippen LogP contribution in [0, 0.1) is 6.92 Å². The molecule has 0 saturated carbocycles. The van der Waals surface area contributed by atoms with Crippen LogP contribution in [-0.4, -0.2) is 20.6 Å². The monoisotopic (exact) mass is 316 g/mol. The number of carboxylic acid groups (broad SMARTS) is 1. The van der Waals surface area contributed by atoms with Crippen molar-refractivity contribution in [3.05, 3.63) is 77.6 Å². The lowest BCUT2D eigenvalue weighted by Gasteiger charge is -2.09. The van der Waals surface area contributed by atoms with E-state index in [1.165, 1.54) is 5.56 Å². The van der Waals surface area contributed by atoms with Crippen LogP contribution >= 0.6 is 0 Å². The summed E-state index contributed by atoms with van der Waals surface area (Å²) in [6.07, 6.45) is 0. The molecule has 0 aliphatic heterocycles. The largest absolute Gasteiger partial charge is 0.477 e. The Morgan fingerprint density at radius 3 is 2.50 bits per heavy atom. The molecule has 0 bridgehead atoms.